The van der Waals surface area contributed by atoms with Crippen molar-refractivity contribution < 1.29 is 19.1 Å². The molecule has 0 spiro atoms. The first-order chi connectivity index (χ1) is 7.63. The SMILES string of the molecule is CCCC(=O)N1CC(N2C(=O)COC2=O)C1. The molecule has 0 unspecified atom stereocenters. The number of hydrogen-bond acceptors (Lipinski definition) is 4. The summed E-state index contributed by atoms with van der Waals surface area (Å²) in [5, 5.41) is 0. The van der Waals surface area contributed by atoms with Crippen molar-refractivity contribution in [2.24, 2.45) is 0 Å². The van der Waals surface area contributed by atoms with Gasteiger partial charge in [-0.3, -0.25) is 9.59 Å². The molecule has 0 bridgehead atoms. The van der Waals surface area contributed by atoms with Crippen LogP contribution in [-0.4, -0.2) is 53.4 Å². The third-order valence-electron chi connectivity index (χ3n) is 2.83. The van der Waals surface area contributed by atoms with Gasteiger partial charge in [0.05, 0.1) is 6.04 Å². The Kier molecular flexibility index (Phi) is 2.80. The molecule has 2 rings (SSSR count). The van der Waals surface area contributed by atoms with Gasteiger partial charge in [0, 0.05) is 19.5 Å². The lowest BCUT2D eigenvalue weighted by Crippen LogP contribution is -2.62. The molecule has 2 saturated heterocycles. The number of carbonyl (C=O) groups is 3. The van der Waals surface area contributed by atoms with Crippen LogP contribution >= 0.6 is 0 Å². The van der Waals surface area contributed by atoms with Gasteiger partial charge in [0.1, 0.15) is 0 Å². The van der Waals surface area contributed by atoms with Crippen molar-refractivity contribution in [2.75, 3.05) is 19.7 Å². The number of hydrogen-bond donors (Lipinski definition) is 0. The lowest BCUT2D eigenvalue weighted by Gasteiger charge is -2.42. The predicted molar refractivity (Wildman–Crippen MR) is 53.5 cm³/mol. The highest BCUT2D eigenvalue weighted by Gasteiger charge is 2.43. The van der Waals surface area contributed by atoms with Gasteiger partial charge in [-0.25, -0.2) is 9.69 Å². The Bertz CT molecular complexity index is 320. The Morgan fingerprint density at radius 1 is 1.44 bits per heavy atom. The summed E-state index contributed by atoms with van der Waals surface area (Å²) in [6.45, 7) is 2.66. The van der Waals surface area contributed by atoms with Gasteiger partial charge in [0.2, 0.25) is 5.91 Å². The molecule has 0 radical (unpaired) electrons. The van der Waals surface area contributed by atoms with Crippen LogP contribution < -0.4 is 0 Å². The van der Waals surface area contributed by atoms with E-state index in [4.69, 9.17) is 0 Å². The first-order valence-electron chi connectivity index (χ1n) is 5.40. The van der Waals surface area contributed by atoms with E-state index in [-0.39, 0.29) is 24.5 Å². The summed E-state index contributed by atoms with van der Waals surface area (Å²) >= 11 is 0. The number of carbonyl (C=O) groups excluding carboxylic acids is 3. The first-order valence-corrected chi connectivity index (χ1v) is 5.40. The summed E-state index contributed by atoms with van der Waals surface area (Å²) in [6, 6.07) is -0.191. The van der Waals surface area contributed by atoms with E-state index < -0.39 is 6.09 Å². The van der Waals surface area contributed by atoms with Crippen LogP contribution in [-0.2, 0) is 14.3 Å². The van der Waals surface area contributed by atoms with E-state index in [0.717, 1.165) is 11.3 Å². The quantitative estimate of drug-likeness (QED) is 0.678. The molecule has 0 aromatic carbocycles. The number of likely N-dealkylation sites (tertiary alicyclic amines) is 1. The Morgan fingerprint density at radius 3 is 2.62 bits per heavy atom. The van der Waals surface area contributed by atoms with Crippen LogP contribution in [0, 0.1) is 0 Å². The largest absolute Gasteiger partial charge is 0.439 e. The van der Waals surface area contributed by atoms with Crippen LogP contribution in [0.3, 0.4) is 0 Å². The Morgan fingerprint density at radius 2 is 2.12 bits per heavy atom. The zero-order valence-corrected chi connectivity index (χ0v) is 9.14. The van der Waals surface area contributed by atoms with Crippen LogP contribution in [0.5, 0.6) is 0 Å². The van der Waals surface area contributed by atoms with Crippen molar-refractivity contribution in [1.82, 2.24) is 9.80 Å². The average Bonchev–Trinajstić information content (AvgIpc) is 2.47. The second kappa shape index (κ2) is 4.11. The van der Waals surface area contributed by atoms with Crippen molar-refractivity contribution >= 4 is 17.9 Å². The van der Waals surface area contributed by atoms with Gasteiger partial charge < -0.3 is 9.64 Å². The maximum Gasteiger partial charge on any atom is 0.417 e. The molecule has 2 heterocycles. The van der Waals surface area contributed by atoms with E-state index in [1.165, 1.54) is 0 Å². The zero-order chi connectivity index (χ0) is 11.7. The number of cyclic esters (lactones) is 1. The van der Waals surface area contributed by atoms with E-state index in [9.17, 15) is 14.4 Å². The zero-order valence-electron chi connectivity index (χ0n) is 9.14. The Labute approximate surface area is 93.1 Å². The maximum absolute atomic E-state index is 11.5. The molecule has 6 heteroatoms. The minimum absolute atomic E-state index is 0.0822. The topological polar surface area (TPSA) is 66.9 Å². The number of nitrogens with zero attached hydrogens (tertiary/aromatic N) is 2. The van der Waals surface area contributed by atoms with E-state index in [1.807, 2.05) is 6.92 Å². The maximum atomic E-state index is 11.5. The van der Waals surface area contributed by atoms with Gasteiger partial charge in [-0.05, 0) is 6.42 Å². The molecule has 2 aliphatic heterocycles. The minimum Gasteiger partial charge on any atom is -0.439 e. The molecule has 0 aromatic rings. The van der Waals surface area contributed by atoms with Crippen LogP contribution in [0.25, 0.3) is 0 Å². The third kappa shape index (κ3) is 1.75. The highest BCUT2D eigenvalue weighted by Crippen LogP contribution is 2.20. The average molecular weight is 226 g/mol. The summed E-state index contributed by atoms with van der Waals surface area (Å²) in [7, 11) is 0. The molecule has 3 amide bonds. The normalized spacial score (nSPS) is 21.1. The lowest BCUT2D eigenvalue weighted by molar-refractivity contribution is -0.142. The van der Waals surface area contributed by atoms with Crippen LogP contribution in [0.15, 0.2) is 0 Å². The molecule has 88 valence electrons. The van der Waals surface area contributed by atoms with Crippen molar-refractivity contribution in [3.63, 3.8) is 0 Å². The summed E-state index contributed by atoms with van der Waals surface area (Å²) in [4.78, 5) is 36.7. The van der Waals surface area contributed by atoms with Crippen molar-refractivity contribution in [2.45, 2.75) is 25.8 Å². The molecule has 0 atom stereocenters. The lowest BCUT2D eigenvalue weighted by atomic mass is 10.1. The number of rotatable bonds is 3. The fourth-order valence-electron chi connectivity index (χ4n) is 1.91. The summed E-state index contributed by atoms with van der Waals surface area (Å²) < 4.78 is 4.61. The molecule has 16 heavy (non-hydrogen) atoms. The molecule has 2 aliphatic rings. The highest BCUT2D eigenvalue weighted by atomic mass is 16.6. The van der Waals surface area contributed by atoms with Gasteiger partial charge in [0.15, 0.2) is 6.61 Å². The monoisotopic (exact) mass is 226 g/mol. The second-order valence-electron chi connectivity index (χ2n) is 4.02. The molecule has 0 saturated carbocycles. The summed E-state index contributed by atoms with van der Waals surface area (Å²) in [6.07, 6.45) is 0.744. The Hall–Kier alpha value is -1.59. The summed E-state index contributed by atoms with van der Waals surface area (Å²) in [5.41, 5.74) is 0. The van der Waals surface area contributed by atoms with Gasteiger partial charge in [-0.2, -0.15) is 0 Å². The van der Waals surface area contributed by atoms with E-state index in [0.29, 0.717) is 19.5 Å². The second-order valence-corrected chi connectivity index (χ2v) is 4.02. The minimum atomic E-state index is -0.586. The fraction of sp³-hybridized carbons (Fsp3) is 0.700. The number of amides is 3. The van der Waals surface area contributed by atoms with E-state index in [2.05, 4.69) is 4.74 Å². The van der Waals surface area contributed by atoms with Crippen LogP contribution in [0.4, 0.5) is 4.79 Å². The fourth-order valence-corrected chi connectivity index (χ4v) is 1.91. The van der Waals surface area contributed by atoms with Gasteiger partial charge >= 0.3 is 6.09 Å². The molecule has 0 aromatic heterocycles. The molecular formula is C10H14N2O4. The third-order valence-corrected chi connectivity index (χ3v) is 2.83. The van der Waals surface area contributed by atoms with Crippen molar-refractivity contribution in [1.29, 1.82) is 0 Å². The van der Waals surface area contributed by atoms with Crippen molar-refractivity contribution in [3.05, 3.63) is 0 Å². The van der Waals surface area contributed by atoms with Gasteiger partial charge in [0.25, 0.3) is 5.91 Å². The smallest absolute Gasteiger partial charge is 0.417 e. The van der Waals surface area contributed by atoms with Crippen molar-refractivity contribution in [3.8, 4) is 0 Å². The molecular weight excluding hydrogens is 212 g/mol. The number of ether oxygens (including phenoxy) is 1. The summed E-state index contributed by atoms with van der Waals surface area (Å²) in [5.74, 6) is -0.226. The standard InChI is InChI=1S/C10H14N2O4/c1-2-3-8(13)11-4-7(5-11)12-9(14)6-16-10(12)15/h7H,2-6H2,1H3. The van der Waals surface area contributed by atoms with E-state index in [1.54, 1.807) is 4.90 Å². The number of imide groups is 1. The molecule has 2 fully saturated rings. The Balaban J connectivity index is 1.86. The first kappa shape index (κ1) is 10.9. The van der Waals surface area contributed by atoms with Crippen LogP contribution in [0.1, 0.15) is 19.8 Å². The molecule has 0 aliphatic carbocycles. The van der Waals surface area contributed by atoms with Gasteiger partial charge in [-0.15, -0.1) is 0 Å². The van der Waals surface area contributed by atoms with Crippen LogP contribution in [0.2, 0.25) is 0 Å². The highest BCUT2D eigenvalue weighted by molar-refractivity contribution is 5.98. The van der Waals surface area contributed by atoms with E-state index >= 15 is 0 Å². The van der Waals surface area contributed by atoms with Gasteiger partial charge in [-0.1, -0.05) is 6.92 Å². The molecule has 6 nitrogen and oxygen atoms in total. The predicted octanol–water partition coefficient (Wildman–Crippen LogP) is -0.0239. The molecule has 0 N–H and O–H groups in total.